The standard InChI is InChI=1S/C17H19NO/c1-13-16(14-9-5-3-6-10-14)19-17(18(13)2)15-11-7-4-8-12-15/h3-13,16-17H,1-2H3/t13-,16-,17+/m0/s1. The zero-order chi connectivity index (χ0) is 13.2. The second-order valence-electron chi connectivity index (χ2n) is 5.14. The molecule has 0 aliphatic carbocycles. The minimum atomic E-state index is 0.0430. The fourth-order valence-corrected chi connectivity index (χ4v) is 2.71. The van der Waals surface area contributed by atoms with E-state index in [9.17, 15) is 0 Å². The van der Waals surface area contributed by atoms with E-state index in [0.717, 1.165) is 0 Å². The van der Waals surface area contributed by atoms with Gasteiger partial charge in [-0.05, 0) is 25.1 Å². The Morgan fingerprint density at radius 1 is 0.842 bits per heavy atom. The van der Waals surface area contributed by atoms with Crippen LogP contribution in [0, 0.1) is 0 Å². The predicted octanol–water partition coefficient (Wildman–Crippen LogP) is 3.78. The van der Waals surface area contributed by atoms with E-state index in [2.05, 4.69) is 67.4 Å². The molecule has 3 rings (SSSR count). The first-order valence-electron chi connectivity index (χ1n) is 6.74. The second-order valence-corrected chi connectivity index (χ2v) is 5.14. The minimum Gasteiger partial charge on any atom is -0.349 e. The first-order chi connectivity index (χ1) is 9.27. The summed E-state index contributed by atoms with van der Waals surface area (Å²) in [4.78, 5) is 2.30. The third-order valence-electron chi connectivity index (χ3n) is 3.94. The monoisotopic (exact) mass is 253 g/mol. The lowest BCUT2D eigenvalue weighted by Gasteiger charge is -2.21. The Labute approximate surface area is 114 Å². The molecule has 2 aromatic carbocycles. The Kier molecular flexibility index (Phi) is 3.36. The summed E-state index contributed by atoms with van der Waals surface area (Å²) in [5, 5.41) is 0. The van der Waals surface area contributed by atoms with Crippen molar-refractivity contribution in [3.63, 3.8) is 0 Å². The molecule has 1 aliphatic rings. The normalized spacial score (nSPS) is 27.6. The van der Waals surface area contributed by atoms with Crippen LogP contribution >= 0.6 is 0 Å². The highest BCUT2D eigenvalue weighted by atomic mass is 16.5. The van der Waals surface area contributed by atoms with Gasteiger partial charge < -0.3 is 4.74 Å². The molecule has 3 atom stereocenters. The maximum Gasteiger partial charge on any atom is 0.137 e. The summed E-state index contributed by atoms with van der Waals surface area (Å²) in [6, 6.07) is 21.3. The molecule has 1 aliphatic heterocycles. The molecule has 2 nitrogen and oxygen atoms in total. The predicted molar refractivity (Wildman–Crippen MR) is 76.7 cm³/mol. The molecule has 0 bridgehead atoms. The highest BCUT2D eigenvalue weighted by Gasteiger charge is 2.38. The van der Waals surface area contributed by atoms with Gasteiger partial charge in [0, 0.05) is 6.04 Å². The van der Waals surface area contributed by atoms with Crippen LogP contribution in [0.15, 0.2) is 60.7 Å². The van der Waals surface area contributed by atoms with Crippen molar-refractivity contribution >= 4 is 0 Å². The average molecular weight is 253 g/mol. The summed E-state index contributed by atoms with van der Waals surface area (Å²) in [5.74, 6) is 0. The van der Waals surface area contributed by atoms with Crippen molar-refractivity contribution in [2.75, 3.05) is 7.05 Å². The number of hydrogen-bond acceptors (Lipinski definition) is 2. The topological polar surface area (TPSA) is 12.5 Å². The van der Waals surface area contributed by atoms with E-state index in [1.165, 1.54) is 11.1 Å². The zero-order valence-corrected chi connectivity index (χ0v) is 11.4. The summed E-state index contributed by atoms with van der Waals surface area (Å²) in [6.45, 7) is 2.22. The van der Waals surface area contributed by atoms with E-state index < -0.39 is 0 Å². The molecular formula is C17H19NO. The van der Waals surface area contributed by atoms with Gasteiger partial charge in [-0.25, -0.2) is 0 Å². The van der Waals surface area contributed by atoms with Gasteiger partial charge in [-0.1, -0.05) is 60.7 Å². The molecule has 0 saturated carbocycles. The number of benzene rings is 2. The molecule has 0 amide bonds. The molecule has 19 heavy (non-hydrogen) atoms. The first kappa shape index (κ1) is 12.4. The quantitative estimate of drug-likeness (QED) is 0.807. The largest absolute Gasteiger partial charge is 0.349 e. The lowest BCUT2D eigenvalue weighted by atomic mass is 10.0. The van der Waals surface area contributed by atoms with Crippen molar-refractivity contribution in [1.29, 1.82) is 0 Å². The maximum atomic E-state index is 6.28. The van der Waals surface area contributed by atoms with Crippen LogP contribution in [0.2, 0.25) is 0 Å². The van der Waals surface area contributed by atoms with Gasteiger partial charge in [-0.2, -0.15) is 0 Å². The summed E-state index contributed by atoms with van der Waals surface area (Å²) in [6.07, 6.45) is 0.179. The van der Waals surface area contributed by atoms with Crippen molar-refractivity contribution in [2.45, 2.75) is 25.3 Å². The maximum absolute atomic E-state index is 6.28. The molecule has 98 valence electrons. The number of hydrogen-bond donors (Lipinski definition) is 0. The SMILES string of the molecule is C[C@H]1[C@@H](c2ccccc2)O[C@H](c2ccccc2)N1C. The number of ether oxygens (including phenoxy) is 1. The van der Waals surface area contributed by atoms with Crippen LogP contribution in [0.5, 0.6) is 0 Å². The lowest BCUT2D eigenvalue weighted by Crippen LogP contribution is -2.27. The lowest BCUT2D eigenvalue weighted by molar-refractivity contribution is 0.00560. The second kappa shape index (κ2) is 5.16. The molecule has 0 unspecified atom stereocenters. The number of nitrogens with zero attached hydrogens (tertiary/aromatic N) is 1. The van der Waals surface area contributed by atoms with E-state index in [0.29, 0.717) is 6.04 Å². The zero-order valence-electron chi connectivity index (χ0n) is 11.4. The van der Waals surface area contributed by atoms with Crippen LogP contribution < -0.4 is 0 Å². The Hall–Kier alpha value is -1.64. The van der Waals surface area contributed by atoms with Gasteiger partial charge in [0.15, 0.2) is 0 Å². The fourth-order valence-electron chi connectivity index (χ4n) is 2.71. The average Bonchev–Trinajstić information content (AvgIpc) is 2.77. The van der Waals surface area contributed by atoms with Gasteiger partial charge in [0.2, 0.25) is 0 Å². The third-order valence-corrected chi connectivity index (χ3v) is 3.94. The van der Waals surface area contributed by atoms with Crippen molar-refractivity contribution in [2.24, 2.45) is 0 Å². The van der Waals surface area contributed by atoms with Crippen LogP contribution in [0.1, 0.15) is 30.4 Å². The minimum absolute atomic E-state index is 0.0430. The third kappa shape index (κ3) is 2.29. The van der Waals surface area contributed by atoms with Crippen LogP contribution in [-0.4, -0.2) is 18.0 Å². The molecule has 0 radical (unpaired) electrons. The summed E-state index contributed by atoms with van der Waals surface area (Å²) >= 11 is 0. The molecule has 0 N–H and O–H groups in total. The Balaban J connectivity index is 1.88. The van der Waals surface area contributed by atoms with Gasteiger partial charge >= 0.3 is 0 Å². The Bertz CT molecular complexity index is 476. The van der Waals surface area contributed by atoms with Crippen molar-refractivity contribution in [3.05, 3.63) is 71.8 Å². The number of likely N-dealkylation sites (N-methyl/N-ethyl adjacent to an activating group) is 1. The molecule has 2 aromatic rings. The molecule has 1 heterocycles. The summed E-state index contributed by atoms with van der Waals surface area (Å²) in [7, 11) is 2.13. The summed E-state index contributed by atoms with van der Waals surface area (Å²) < 4.78 is 6.28. The van der Waals surface area contributed by atoms with E-state index in [-0.39, 0.29) is 12.3 Å². The Morgan fingerprint density at radius 3 is 1.95 bits per heavy atom. The molecule has 1 saturated heterocycles. The first-order valence-corrected chi connectivity index (χ1v) is 6.74. The van der Waals surface area contributed by atoms with E-state index in [4.69, 9.17) is 4.74 Å². The van der Waals surface area contributed by atoms with Crippen LogP contribution in [0.3, 0.4) is 0 Å². The molecular weight excluding hydrogens is 234 g/mol. The van der Waals surface area contributed by atoms with Crippen LogP contribution in [0.4, 0.5) is 0 Å². The molecule has 2 heteroatoms. The van der Waals surface area contributed by atoms with Crippen molar-refractivity contribution < 1.29 is 4.74 Å². The highest BCUT2D eigenvalue weighted by Crippen LogP contribution is 2.40. The van der Waals surface area contributed by atoms with Gasteiger partial charge in [0.1, 0.15) is 12.3 Å². The van der Waals surface area contributed by atoms with Gasteiger partial charge in [0.05, 0.1) is 0 Å². The molecule has 0 aromatic heterocycles. The van der Waals surface area contributed by atoms with Crippen LogP contribution in [-0.2, 0) is 4.74 Å². The summed E-state index contributed by atoms with van der Waals surface area (Å²) in [5.41, 5.74) is 2.47. The smallest absolute Gasteiger partial charge is 0.137 e. The van der Waals surface area contributed by atoms with E-state index >= 15 is 0 Å². The molecule has 0 spiro atoms. The van der Waals surface area contributed by atoms with Crippen LogP contribution in [0.25, 0.3) is 0 Å². The molecule has 1 fully saturated rings. The van der Waals surface area contributed by atoms with Crippen molar-refractivity contribution in [1.82, 2.24) is 4.90 Å². The van der Waals surface area contributed by atoms with E-state index in [1.54, 1.807) is 0 Å². The van der Waals surface area contributed by atoms with Crippen molar-refractivity contribution in [3.8, 4) is 0 Å². The van der Waals surface area contributed by atoms with Gasteiger partial charge in [0.25, 0.3) is 0 Å². The highest BCUT2D eigenvalue weighted by molar-refractivity contribution is 5.23. The van der Waals surface area contributed by atoms with Gasteiger partial charge in [-0.3, -0.25) is 4.90 Å². The number of rotatable bonds is 2. The Morgan fingerprint density at radius 2 is 1.37 bits per heavy atom. The van der Waals surface area contributed by atoms with E-state index in [1.807, 2.05) is 12.1 Å². The van der Waals surface area contributed by atoms with Gasteiger partial charge in [-0.15, -0.1) is 0 Å². The fraction of sp³-hybridized carbons (Fsp3) is 0.294.